The Kier molecular flexibility index (Phi) is 10.8. The quantitative estimate of drug-likeness (QED) is 0.368. The average Bonchev–Trinajstić information content (AvgIpc) is 2.19. The number of carbonyl (C=O) groups excluding carboxylic acids is 1. The van der Waals surface area contributed by atoms with Crippen molar-refractivity contribution in [1.82, 2.24) is 0 Å². The van der Waals surface area contributed by atoms with Crippen LogP contribution in [0.5, 0.6) is 0 Å². The van der Waals surface area contributed by atoms with E-state index in [0.29, 0.717) is 6.42 Å². The van der Waals surface area contributed by atoms with Crippen LogP contribution in [0.25, 0.3) is 0 Å². The molecule has 0 spiro atoms. The van der Waals surface area contributed by atoms with Gasteiger partial charge >= 0.3 is 0 Å². The van der Waals surface area contributed by atoms with Gasteiger partial charge in [-0.15, -0.1) is 0 Å². The van der Waals surface area contributed by atoms with E-state index in [-0.39, 0.29) is 12.0 Å². The van der Waals surface area contributed by atoms with Gasteiger partial charge in [0.15, 0.2) is 0 Å². The number of nitrogens with two attached hydrogens (primary N) is 1. The van der Waals surface area contributed by atoms with Crippen molar-refractivity contribution < 1.29 is 9.90 Å². The van der Waals surface area contributed by atoms with E-state index in [4.69, 9.17) is 5.73 Å². The molecule has 0 rings (SSSR count). The smallest absolute Gasteiger partial charge is 0.217 e. The van der Waals surface area contributed by atoms with Crippen LogP contribution in [0.2, 0.25) is 0 Å². The van der Waals surface area contributed by atoms with E-state index in [9.17, 15) is 9.90 Å². The van der Waals surface area contributed by atoms with Gasteiger partial charge < -0.3 is 10.8 Å². The Morgan fingerprint density at radius 3 is 2.27 bits per heavy atom. The molecule has 0 saturated carbocycles. The number of aliphatic hydroxyl groups is 1. The molecule has 15 heavy (non-hydrogen) atoms. The molecule has 4 heteroatoms. The molecule has 0 bridgehead atoms. The summed E-state index contributed by atoms with van der Waals surface area (Å²) in [6, 6.07) is 0. The van der Waals surface area contributed by atoms with Crippen LogP contribution in [0, 0.1) is 0 Å². The third-order valence-corrected chi connectivity index (χ3v) is 3.14. The molecule has 0 aliphatic heterocycles. The number of rotatable bonds is 10. The molecule has 1 amide bonds. The zero-order valence-corrected chi connectivity index (χ0v) is 11.4. The third kappa shape index (κ3) is 12.1. The number of primary amides is 1. The lowest BCUT2D eigenvalue weighted by atomic mass is 10.0. The number of aliphatic hydroxyl groups excluding tert-OH is 1. The highest BCUT2D eigenvalue weighted by Gasteiger charge is 2.04. The lowest BCUT2D eigenvalue weighted by Gasteiger charge is -2.09. The molecule has 0 heterocycles. The van der Waals surface area contributed by atoms with Crippen molar-refractivity contribution in [3.63, 3.8) is 0 Å². The van der Waals surface area contributed by atoms with Gasteiger partial charge in [0.05, 0.1) is 6.10 Å². The van der Waals surface area contributed by atoms with Crippen molar-refractivity contribution in [2.45, 2.75) is 57.5 Å². The predicted octanol–water partition coefficient (Wildman–Crippen LogP) is 2.39. The van der Waals surface area contributed by atoms with Gasteiger partial charge in [-0.2, -0.15) is 0 Å². The van der Waals surface area contributed by atoms with E-state index >= 15 is 0 Å². The number of unbranched alkanes of at least 4 members (excludes halogenated alkanes) is 3. The Labute approximate surface area is 106 Å². The number of hydrogen-bond acceptors (Lipinski definition) is 2. The predicted molar refractivity (Wildman–Crippen MR) is 71.0 cm³/mol. The lowest BCUT2D eigenvalue weighted by Crippen LogP contribution is -2.11. The van der Waals surface area contributed by atoms with Crippen molar-refractivity contribution in [2.24, 2.45) is 5.73 Å². The topological polar surface area (TPSA) is 63.3 Å². The third-order valence-electron chi connectivity index (χ3n) is 2.38. The summed E-state index contributed by atoms with van der Waals surface area (Å²) in [5, 5.41) is 9.60. The number of hydrogen-bond donors (Lipinski definition) is 2. The summed E-state index contributed by atoms with van der Waals surface area (Å²) in [5.74, 6) is -0.244. The minimum atomic E-state index is -0.244. The van der Waals surface area contributed by atoms with Crippen LogP contribution >= 0.6 is 22.6 Å². The van der Waals surface area contributed by atoms with Crippen molar-refractivity contribution >= 4 is 28.5 Å². The van der Waals surface area contributed by atoms with Gasteiger partial charge in [-0.05, 0) is 30.1 Å². The summed E-state index contributed by atoms with van der Waals surface area (Å²) < 4.78 is 1.20. The number of amides is 1. The maximum absolute atomic E-state index is 10.4. The highest BCUT2D eigenvalue weighted by atomic mass is 127. The summed E-state index contributed by atoms with van der Waals surface area (Å²) in [7, 11) is 0. The van der Waals surface area contributed by atoms with Gasteiger partial charge in [0.1, 0.15) is 0 Å². The zero-order chi connectivity index (χ0) is 11.5. The van der Waals surface area contributed by atoms with Crippen LogP contribution in [0.3, 0.4) is 0 Å². The van der Waals surface area contributed by atoms with Crippen molar-refractivity contribution in [3.8, 4) is 0 Å². The molecule has 1 atom stereocenters. The molecule has 90 valence electrons. The molecule has 3 N–H and O–H groups in total. The maximum Gasteiger partial charge on any atom is 0.217 e. The summed E-state index contributed by atoms with van der Waals surface area (Å²) in [6.07, 6.45) is 7.23. The molecular weight excluding hydrogens is 305 g/mol. The van der Waals surface area contributed by atoms with Crippen LogP contribution < -0.4 is 5.73 Å². The first kappa shape index (κ1) is 15.2. The summed E-state index contributed by atoms with van der Waals surface area (Å²) in [5.41, 5.74) is 5.02. The minimum absolute atomic E-state index is 0.188. The molecule has 0 saturated heterocycles. The van der Waals surface area contributed by atoms with E-state index < -0.39 is 0 Å². The SMILES string of the molecule is NC(=O)CCCCC(O)CCCCCI. The first-order chi connectivity index (χ1) is 7.16. The number of carbonyl (C=O) groups is 1. The molecule has 3 nitrogen and oxygen atoms in total. The maximum atomic E-state index is 10.4. The monoisotopic (exact) mass is 327 g/mol. The van der Waals surface area contributed by atoms with E-state index in [0.717, 1.165) is 32.1 Å². The Morgan fingerprint density at radius 1 is 1.13 bits per heavy atom. The second kappa shape index (κ2) is 10.7. The molecule has 1 unspecified atom stereocenters. The second-order valence-electron chi connectivity index (χ2n) is 3.90. The first-order valence-electron chi connectivity index (χ1n) is 5.69. The van der Waals surface area contributed by atoms with E-state index in [1.807, 2.05) is 0 Å². The fourth-order valence-electron chi connectivity index (χ4n) is 1.47. The minimum Gasteiger partial charge on any atom is -0.393 e. The Hall–Kier alpha value is 0.160. The van der Waals surface area contributed by atoms with Gasteiger partial charge in [0, 0.05) is 6.42 Å². The van der Waals surface area contributed by atoms with Crippen molar-refractivity contribution in [1.29, 1.82) is 0 Å². The normalized spacial score (nSPS) is 12.7. The van der Waals surface area contributed by atoms with E-state index in [1.54, 1.807) is 0 Å². The van der Waals surface area contributed by atoms with Gasteiger partial charge in [-0.25, -0.2) is 0 Å². The summed E-state index contributed by atoms with van der Waals surface area (Å²) >= 11 is 2.37. The van der Waals surface area contributed by atoms with Gasteiger partial charge in [0.2, 0.25) is 5.91 Å². The molecular formula is C11H22INO2. The second-order valence-corrected chi connectivity index (χ2v) is 4.98. The summed E-state index contributed by atoms with van der Waals surface area (Å²) in [4.78, 5) is 10.4. The summed E-state index contributed by atoms with van der Waals surface area (Å²) in [6.45, 7) is 0. The zero-order valence-electron chi connectivity index (χ0n) is 9.25. The van der Waals surface area contributed by atoms with Crippen LogP contribution in [-0.2, 0) is 4.79 Å². The molecule has 0 fully saturated rings. The van der Waals surface area contributed by atoms with Crippen LogP contribution in [0.15, 0.2) is 0 Å². The van der Waals surface area contributed by atoms with E-state index in [1.165, 1.54) is 17.3 Å². The average molecular weight is 327 g/mol. The fraction of sp³-hybridized carbons (Fsp3) is 0.909. The van der Waals surface area contributed by atoms with Gasteiger partial charge in [-0.1, -0.05) is 41.9 Å². The Bertz CT molecular complexity index is 165. The highest BCUT2D eigenvalue weighted by Crippen LogP contribution is 2.11. The van der Waals surface area contributed by atoms with Gasteiger partial charge in [-0.3, -0.25) is 4.79 Å². The Balaban J connectivity index is 3.18. The van der Waals surface area contributed by atoms with Crippen LogP contribution in [0.1, 0.15) is 51.4 Å². The molecule has 0 aliphatic rings. The molecule has 0 aliphatic carbocycles. The lowest BCUT2D eigenvalue weighted by molar-refractivity contribution is -0.118. The molecule has 0 aromatic carbocycles. The van der Waals surface area contributed by atoms with Crippen molar-refractivity contribution in [2.75, 3.05) is 4.43 Å². The standard InChI is InChI=1S/C11H22INO2/c12-9-5-1-2-6-10(14)7-3-4-8-11(13)15/h10,14H,1-9H2,(H2,13,15). The van der Waals surface area contributed by atoms with E-state index in [2.05, 4.69) is 22.6 Å². The van der Waals surface area contributed by atoms with Gasteiger partial charge in [0.25, 0.3) is 0 Å². The molecule has 0 aromatic rings. The number of halogens is 1. The molecule has 0 radical (unpaired) electrons. The van der Waals surface area contributed by atoms with Crippen molar-refractivity contribution in [3.05, 3.63) is 0 Å². The molecule has 0 aromatic heterocycles. The Morgan fingerprint density at radius 2 is 1.73 bits per heavy atom. The largest absolute Gasteiger partial charge is 0.393 e. The van der Waals surface area contributed by atoms with Crippen LogP contribution in [0.4, 0.5) is 0 Å². The fourth-order valence-corrected chi connectivity index (χ4v) is 2.01. The van der Waals surface area contributed by atoms with Crippen LogP contribution in [-0.4, -0.2) is 21.5 Å². The highest BCUT2D eigenvalue weighted by molar-refractivity contribution is 14.1. The number of alkyl halides is 1. The first-order valence-corrected chi connectivity index (χ1v) is 7.21.